The third-order valence-corrected chi connectivity index (χ3v) is 4.40. The molecular formula is C18H23N3. The van der Waals surface area contributed by atoms with E-state index in [0.29, 0.717) is 0 Å². The predicted molar refractivity (Wildman–Crippen MR) is 87.6 cm³/mol. The number of benzene rings is 1. The molecule has 0 aliphatic heterocycles. The van der Waals surface area contributed by atoms with Gasteiger partial charge in [-0.1, -0.05) is 37.6 Å². The summed E-state index contributed by atoms with van der Waals surface area (Å²) in [4.78, 5) is 8.89. The number of nitrogens with one attached hydrogen (secondary N) is 1. The number of hydrogen-bond donors (Lipinski definition) is 1. The van der Waals surface area contributed by atoms with E-state index in [2.05, 4.69) is 53.4 Å². The Kier molecular flexibility index (Phi) is 4.18. The maximum absolute atomic E-state index is 4.52. The second-order valence-corrected chi connectivity index (χ2v) is 5.68. The Bertz CT molecular complexity index is 600. The van der Waals surface area contributed by atoms with Gasteiger partial charge in [0, 0.05) is 17.7 Å². The van der Waals surface area contributed by atoms with E-state index in [1.54, 1.807) is 6.33 Å². The third kappa shape index (κ3) is 2.78. The van der Waals surface area contributed by atoms with Crippen LogP contribution < -0.4 is 5.32 Å². The Hall–Kier alpha value is -1.90. The van der Waals surface area contributed by atoms with Crippen LogP contribution in [0, 0.1) is 0 Å². The van der Waals surface area contributed by atoms with E-state index in [9.17, 15) is 0 Å². The van der Waals surface area contributed by atoms with Gasteiger partial charge in [0.2, 0.25) is 0 Å². The zero-order valence-corrected chi connectivity index (χ0v) is 12.9. The molecule has 1 aromatic carbocycles. The van der Waals surface area contributed by atoms with Gasteiger partial charge in [-0.3, -0.25) is 0 Å². The molecule has 0 spiro atoms. The molecule has 0 radical (unpaired) electrons. The fourth-order valence-electron chi connectivity index (χ4n) is 2.97. The fourth-order valence-corrected chi connectivity index (χ4v) is 2.97. The van der Waals surface area contributed by atoms with Gasteiger partial charge < -0.3 is 5.32 Å². The highest BCUT2D eigenvalue weighted by molar-refractivity contribution is 5.68. The minimum absolute atomic E-state index is 0.785. The Morgan fingerprint density at radius 1 is 1.10 bits per heavy atom. The molecule has 1 aromatic heterocycles. The summed E-state index contributed by atoms with van der Waals surface area (Å²) in [5.74, 6) is 1.75. The quantitative estimate of drug-likeness (QED) is 0.882. The van der Waals surface area contributed by atoms with Gasteiger partial charge in [0.15, 0.2) is 0 Å². The Balaban J connectivity index is 1.93. The first kappa shape index (κ1) is 14.1. The summed E-state index contributed by atoms with van der Waals surface area (Å²) in [5.41, 5.74) is 4.93. The largest absolute Gasteiger partial charge is 0.370 e. The topological polar surface area (TPSA) is 37.8 Å². The highest BCUT2D eigenvalue weighted by atomic mass is 15.0. The molecule has 3 rings (SSSR count). The van der Waals surface area contributed by atoms with Crippen molar-refractivity contribution < 1.29 is 0 Å². The molecule has 0 unspecified atom stereocenters. The van der Waals surface area contributed by atoms with Crippen molar-refractivity contribution in [2.45, 2.75) is 45.4 Å². The lowest BCUT2D eigenvalue weighted by Crippen LogP contribution is -2.08. The molecule has 3 heteroatoms. The standard InChI is InChI=1S/C18H23N3/c1-3-16-17(20-12-21-18(16)19-4-2)15-10-8-14(9-11-15)13-6-5-7-13/h8-13H,3-7H2,1-2H3,(H,19,20,21). The van der Waals surface area contributed by atoms with Gasteiger partial charge >= 0.3 is 0 Å². The first-order valence-electron chi connectivity index (χ1n) is 8.01. The molecule has 1 heterocycles. The van der Waals surface area contributed by atoms with Crippen LogP contribution in [0.15, 0.2) is 30.6 Å². The molecule has 0 saturated heterocycles. The van der Waals surface area contributed by atoms with Gasteiger partial charge in [0.05, 0.1) is 5.69 Å². The van der Waals surface area contributed by atoms with Crippen LogP contribution in [0.5, 0.6) is 0 Å². The second-order valence-electron chi connectivity index (χ2n) is 5.68. The number of nitrogens with zero attached hydrogens (tertiary/aromatic N) is 2. The number of aromatic nitrogens is 2. The highest BCUT2D eigenvalue weighted by Gasteiger charge is 2.19. The summed E-state index contributed by atoms with van der Waals surface area (Å²) in [6.07, 6.45) is 6.66. The minimum Gasteiger partial charge on any atom is -0.370 e. The average molecular weight is 281 g/mol. The molecule has 1 N–H and O–H groups in total. The van der Waals surface area contributed by atoms with Gasteiger partial charge in [-0.15, -0.1) is 0 Å². The molecular weight excluding hydrogens is 258 g/mol. The number of rotatable bonds is 5. The monoisotopic (exact) mass is 281 g/mol. The smallest absolute Gasteiger partial charge is 0.133 e. The van der Waals surface area contributed by atoms with E-state index < -0.39 is 0 Å². The van der Waals surface area contributed by atoms with E-state index in [1.165, 1.54) is 36.0 Å². The third-order valence-electron chi connectivity index (χ3n) is 4.40. The van der Waals surface area contributed by atoms with E-state index in [4.69, 9.17) is 0 Å². The van der Waals surface area contributed by atoms with Gasteiger partial charge in [-0.25, -0.2) is 9.97 Å². The molecule has 110 valence electrons. The lowest BCUT2D eigenvalue weighted by atomic mass is 9.80. The van der Waals surface area contributed by atoms with Gasteiger partial charge in [-0.05, 0) is 37.7 Å². The molecule has 1 aliphatic carbocycles. The summed E-state index contributed by atoms with van der Waals surface area (Å²) in [5, 5.41) is 3.33. The first-order valence-corrected chi connectivity index (χ1v) is 8.01. The molecule has 3 nitrogen and oxygen atoms in total. The van der Waals surface area contributed by atoms with Crippen LogP contribution >= 0.6 is 0 Å². The second kappa shape index (κ2) is 6.25. The SMILES string of the molecule is CCNc1ncnc(-c2ccc(C3CCC3)cc2)c1CC. The highest BCUT2D eigenvalue weighted by Crippen LogP contribution is 2.37. The number of hydrogen-bond acceptors (Lipinski definition) is 3. The Morgan fingerprint density at radius 2 is 1.86 bits per heavy atom. The Labute approximate surface area is 126 Å². The van der Waals surface area contributed by atoms with Crippen molar-refractivity contribution in [3.05, 3.63) is 41.7 Å². The zero-order valence-electron chi connectivity index (χ0n) is 12.9. The maximum atomic E-state index is 4.52. The molecule has 0 bridgehead atoms. The summed E-state index contributed by atoms with van der Waals surface area (Å²) in [6.45, 7) is 5.13. The van der Waals surface area contributed by atoms with Crippen molar-refractivity contribution in [3.8, 4) is 11.3 Å². The van der Waals surface area contributed by atoms with Crippen molar-refractivity contribution in [1.82, 2.24) is 9.97 Å². The van der Waals surface area contributed by atoms with Crippen molar-refractivity contribution in [1.29, 1.82) is 0 Å². The van der Waals surface area contributed by atoms with Gasteiger partial charge in [0.1, 0.15) is 12.1 Å². The summed E-state index contributed by atoms with van der Waals surface area (Å²) >= 11 is 0. The van der Waals surface area contributed by atoms with Crippen molar-refractivity contribution >= 4 is 5.82 Å². The Morgan fingerprint density at radius 3 is 2.43 bits per heavy atom. The van der Waals surface area contributed by atoms with Gasteiger partial charge in [-0.2, -0.15) is 0 Å². The van der Waals surface area contributed by atoms with Crippen molar-refractivity contribution in [2.75, 3.05) is 11.9 Å². The fraction of sp³-hybridized carbons (Fsp3) is 0.444. The van der Waals surface area contributed by atoms with E-state index >= 15 is 0 Å². The number of anilines is 1. The van der Waals surface area contributed by atoms with Gasteiger partial charge in [0.25, 0.3) is 0 Å². The van der Waals surface area contributed by atoms with E-state index in [1.807, 2.05) is 0 Å². The molecule has 1 aliphatic rings. The van der Waals surface area contributed by atoms with Crippen LogP contribution in [0.25, 0.3) is 11.3 Å². The normalized spacial score (nSPS) is 14.8. The molecule has 1 fully saturated rings. The van der Waals surface area contributed by atoms with Crippen LogP contribution in [-0.4, -0.2) is 16.5 Å². The van der Waals surface area contributed by atoms with E-state index in [0.717, 1.165) is 30.4 Å². The van der Waals surface area contributed by atoms with Crippen LogP contribution in [0.3, 0.4) is 0 Å². The van der Waals surface area contributed by atoms with Crippen LogP contribution in [0.4, 0.5) is 5.82 Å². The van der Waals surface area contributed by atoms with E-state index in [-0.39, 0.29) is 0 Å². The average Bonchev–Trinajstić information content (AvgIpc) is 2.46. The summed E-state index contributed by atoms with van der Waals surface area (Å²) in [6, 6.07) is 8.97. The van der Waals surface area contributed by atoms with Crippen LogP contribution in [0.2, 0.25) is 0 Å². The zero-order chi connectivity index (χ0) is 14.7. The summed E-state index contributed by atoms with van der Waals surface area (Å²) in [7, 11) is 0. The minimum atomic E-state index is 0.785. The molecule has 2 aromatic rings. The lowest BCUT2D eigenvalue weighted by molar-refractivity contribution is 0.420. The predicted octanol–water partition coefficient (Wildman–Crippen LogP) is 4.41. The summed E-state index contributed by atoms with van der Waals surface area (Å²) < 4.78 is 0. The van der Waals surface area contributed by atoms with Crippen molar-refractivity contribution in [3.63, 3.8) is 0 Å². The lowest BCUT2D eigenvalue weighted by Gasteiger charge is -2.25. The van der Waals surface area contributed by atoms with Crippen molar-refractivity contribution in [2.24, 2.45) is 0 Å². The molecule has 0 amide bonds. The molecule has 0 atom stereocenters. The molecule has 1 saturated carbocycles. The maximum Gasteiger partial charge on any atom is 0.133 e. The van der Waals surface area contributed by atoms with Crippen LogP contribution in [0.1, 0.15) is 50.2 Å². The first-order chi connectivity index (χ1) is 10.3. The van der Waals surface area contributed by atoms with Crippen LogP contribution in [-0.2, 0) is 6.42 Å². The molecule has 21 heavy (non-hydrogen) atoms.